The molecule has 1 aliphatic heterocycles. The number of nitrogens with one attached hydrogen (secondary N) is 1. The van der Waals surface area contributed by atoms with E-state index in [4.69, 9.17) is 4.74 Å². The first-order valence-electron chi connectivity index (χ1n) is 8.06. The molecule has 0 spiro atoms. The van der Waals surface area contributed by atoms with E-state index in [-0.39, 0.29) is 11.2 Å². The van der Waals surface area contributed by atoms with Crippen LogP contribution in [0.2, 0.25) is 0 Å². The zero-order chi connectivity index (χ0) is 16.4. The third-order valence-electron chi connectivity index (χ3n) is 4.40. The molecule has 23 heavy (non-hydrogen) atoms. The van der Waals surface area contributed by atoms with E-state index in [0.29, 0.717) is 0 Å². The number of piperidine rings is 1. The molecule has 1 aromatic carbocycles. The Morgan fingerprint density at radius 1 is 1.43 bits per heavy atom. The largest absolute Gasteiger partial charge is 0.497 e. The summed E-state index contributed by atoms with van der Waals surface area (Å²) in [5.41, 5.74) is 1.82. The maximum atomic E-state index is 12.6. The molecule has 0 bridgehead atoms. The van der Waals surface area contributed by atoms with Crippen molar-refractivity contribution in [2.24, 2.45) is 5.92 Å². The molecule has 1 unspecified atom stereocenters. The van der Waals surface area contributed by atoms with Gasteiger partial charge in [-0.1, -0.05) is 18.7 Å². The number of carbonyl (C=O) groups excluding carboxylic acids is 1. The maximum Gasteiger partial charge on any atom is 0.235 e. The number of methoxy groups -OCH3 is 1. The van der Waals surface area contributed by atoms with E-state index in [1.807, 2.05) is 30.0 Å². The summed E-state index contributed by atoms with van der Waals surface area (Å²) in [5.74, 6) is 1.73. The quantitative estimate of drug-likeness (QED) is 0.872. The molecule has 2 heterocycles. The lowest BCUT2D eigenvalue weighted by molar-refractivity contribution is -0.131. The molecular weight excluding hydrogens is 310 g/mol. The SMILES string of the molecule is COc1ccc2nc(SC(C)C(=O)N3CCC(C)CC3)[nH]c2c1. The van der Waals surface area contributed by atoms with Crippen LogP contribution in [0.5, 0.6) is 5.75 Å². The van der Waals surface area contributed by atoms with Crippen LogP contribution < -0.4 is 4.74 Å². The summed E-state index contributed by atoms with van der Waals surface area (Å²) in [7, 11) is 1.65. The van der Waals surface area contributed by atoms with Gasteiger partial charge in [-0.2, -0.15) is 0 Å². The van der Waals surface area contributed by atoms with Crippen molar-refractivity contribution in [2.45, 2.75) is 37.1 Å². The molecule has 1 aromatic heterocycles. The molecule has 5 nitrogen and oxygen atoms in total. The van der Waals surface area contributed by atoms with Crippen LogP contribution >= 0.6 is 11.8 Å². The van der Waals surface area contributed by atoms with Gasteiger partial charge in [0.25, 0.3) is 0 Å². The average Bonchev–Trinajstić information content (AvgIpc) is 2.95. The van der Waals surface area contributed by atoms with Crippen LogP contribution in [0.15, 0.2) is 23.4 Å². The van der Waals surface area contributed by atoms with Crippen molar-refractivity contribution < 1.29 is 9.53 Å². The number of benzene rings is 1. The summed E-state index contributed by atoms with van der Waals surface area (Å²) in [4.78, 5) is 22.4. The van der Waals surface area contributed by atoms with Gasteiger partial charge in [-0.25, -0.2) is 4.98 Å². The van der Waals surface area contributed by atoms with E-state index < -0.39 is 0 Å². The van der Waals surface area contributed by atoms with Crippen LogP contribution in [-0.2, 0) is 4.79 Å². The van der Waals surface area contributed by atoms with Crippen LogP contribution in [-0.4, -0.2) is 46.2 Å². The van der Waals surface area contributed by atoms with E-state index in [2.05, 4.69) is 16.9 Å². The summed E-state index contributed by atoms with van der Waals surface area (Å²) >= 11 is 1.49. The van der Waals surface area contributed by atoms with Crippen LogP contribution in [0, 0.1) is 5.92 Å². The van der Waals surface area contributed by atoms with E-state index in [1.54, 1.807) is 7.11 Å². The van der Waals surface area contributed by atoms with Crippen molar-refractivity contribution in [3.63, 3.8) is 0 Å². The number of amides is 1. The highest BCUT2D eigenvalue weighted by Gasteiger charge is 2.25. The van der Waals surface area contributed by atoms with Crippen molar-refractivity contribution in [3.05, 3.63) is 18.2 Å². The Hall–Kier alpha value is -1.69. The first-order valence-corrected chi connectivity index (χ1v) is 8.94. The van der Waals surface area contributed by atoms with Crippen molar-refractivity contribution in [3.8, 4) is 5.75 Å². The fraction of sp³-hybridized carbons (Fsp3) is 0.529. The Labute approximate surface area is 140 Å². The number of hydrogen-bond acceptors (Lipinski definition) is 4. The van der Waals surface area contributed by atoms with Crippen LogP contribution in [0.1, 0.15) is 26.7 Å². The minimum atomic E-state index is -0.133. The molecule has 1 atom stereocenters. The van der Waals surface area contributed by atoms with E-state index >= 15 is 0 Å². The van der Waals surface area contributed by atoms with Crippen molar-refractivity contribution in [1.82, 2.24) is 14.9 Å². The smallest absolute Gasteiger partial charge is 0.235 e. The summed E-state index contributed by atoms with van der Waals surface area (Å²) in [5, 5.41) is 0.644. The number of aromatic nitrogens is 2. The number of likely N-dealkylation sites (tertiary alicyclic amines) is 1. The van der Waals surface area contributed by atoms with Crippen molar-refractivity contribution in [2.75, 3.05) is 20.2 Å². The molecule has 1 fully saturated rings. The second-order valence-electron chi connectivity index (χ2n) is 6.19. The van der Waals surface area contributed by atoms with Gasteiger partial charge in [0, 0.05) is 19.2 Å². The third-order valence-corrected chi connectivity index (χ3v) is 5.37. The van der Waals surface area contributed by atoms with Gasteiger partial charge in [-0.05, 0) is 37.8 Å². The highest BCUT2D eigenvalue weighted by molar-refractivity contribution is 8.00. The molecule has 124 valence electrons. The number of rotatable bonds is 4. The second-order valence-corrected chi connectivity index (χ2v) is 7.52. The maximum absolute atomic E-state index is 12.6. The van der Waals surface area contributed by atoms with Gasteiger partial charge in [0.1, 0.15) is 5.75 Å². The van der Waals surface area contributed by atoms with Crippen LogP contribution in [0.4, 0.5) is 0 Å². The van der Waals surface area contributed by atoms with Crippen LogP contribution in [0.25, 0.3) is 11.0 Å². The number of fused-ring (bicyclic) bond motifs is 1. The van der Waals surface area contributed by atoms with Gasteiger partial charge in [0.05, 0.1) is 23.4 Å². The fourth-order valence-corrected chi connectivity index (χ4v) is 3.76. The lowest BCUT2D eigenvalue weighted by atomic mass is 9.99. The summed E-state index contributed by atoms with van der Waals surface area (Å²) in [6, 6.07) is 5.74. The Morgan fingerprint density at radius 2 is 2.17 bits per heavy atom. The van der Waals surface area contributed by atoms with E-state index in [1.165, 1.54) is 11.8 Å². The molecule has 0 saturated carbocycles. The number of thioether (sulfide) groups is 1. The molecule has 6 heteroatoms. The molecule has 2 aromatic rings. The molecule has 1 N–H and O–H groups in total. The lowest BCUT2D eigenvalue weighted by Crippen LogP contribution is -2.41. The molecule has 0 radical (unpaired) electrons. The fourth-order valence-electron chi connectivity index (χ4n) is 2.85. The van der Waals surface area contributed by atoms with Gasteiger partial charge in [-0.3, -0.25) is 4.79 Å². The number of imidazole rings is 1. The minimum absolute atomic E-state index is 0.133. The summed E-state index contributed by atoms with van der Waals surface area (Å²) < 4.78 is 5.22. The number of aromatic amines is 1. The predicted octanol–water partition coefficient (Wildman–Crippen LogP) is 3.31. The third kappa shape index (κ3) is 3.63. The van der Waals surface area contributed by atoms with E-state index in [0.717, 1.165) is 53.8 Å². The Morgan fingerprint density at radius 3 is 2.87 bits per heavy atom. The monoisotopic (exact) mass is 333 g/mol. The minimum Gasteiger partial charge on any atom is -0.497 e. The van der Waals surface area contributed by atoms with Crippen molar-refractivity contribution in [1.29, 1.82) is 0 Å². The van der Waals surface area contributed by atoms with E-state index in [9.17, 15) is 4.79 Å². The van der Waals surface area contributed by atoms with Gasteiger partial charge < -0.3 is 14.6 Å². The standard InChI is InChI=1S/C17H23N3O2S/c1-11-6-8-20(9-7-11)16(21)12(2)23-17-18-14-5-4-13(22-3)10-15(14)19-17/h4-5,10-12H,6-9H2,1-3H3,(H,18,19). The number of carbonyl (C=O) groups is 1. The first-order chi connectivity index (χ1) is 11.1. The van der Waals surface area contributed by atoms with Gasteiger partial charge >= 0.3 is 0 Å². The molecular formula is C17H23N3O2S. The number of nitrogens with zero attached hydrogens (tertiary/aromatic N) is 2. The first kappa shape index (κ1) is 16.2. The van der Waals surface area contributed by atoms with Gasteiger partial charge in [0.15, 0.2) is 5.16 Å². The Balaban J connectivity index is 1.67. The zero-order valence-corrected chi connectivity index (χ0v) is 14.7. The number of hydrogen-bond donors (Lipinski definition) is 1. The lowest BCUT2D eigenvalue weighted by Gasteiger charge is -2.31. The molecule has 1 aliphatic rings. The van der Waals surface area contributed by atoms with Gasteiger partial charge in [-0.15, -0.1) is 0 Å². The van der Waals surface area contributed by atoms with Gasteiger partial charge in [0.2, 0.25) is 5.91 Å². The predicted molar refractivity (Wildman–Crippen MR) is 92.9 cm³/mol. The second kappa shape index (κ2) is 6.83. The zero-order valence-electron chi connectivity index (χ0n) is 13.8. The highest BCUT2D eigenvalue weighted by Crippen LogP contribution is 2.27. The summed E-state index contributed by atoms with van der Waals surface area (Å²) in [6.07, 6.45) is 2.21. The number of ether oxygens (including phenoxy) is 1. The normalized spacial score (nSPS) is 17.4. The van der Waals surface area contributed by atoms with Crippen LogP contribution in [0.3, 0.4) is 0 Å². The molecule has 3 rings (SSSR count). The highest BCUT2D eigenvalue weighted by atomic mass is 32.2. The van der Waals surface area contributed by atoms with Crippen molar-refractivity contribution >= 4 is 28.7 Å². The molecule has 1 amide bonds. The summed E-state index contributed by atoms with van der Waals surface area (Å²) in [6.45, 7) is 5.96. The Kier molecular flexibility index (Phi) is 4.80. The average molecular weight is 333 g/mol. The Bertz CT molecular complexity index is 692. The molecule has 1 saturated heterocycles. The topological polar surface area (TPSA) is 58.2 Å². The number of H-pyrrole nitrogens is 1. The molecule has 0 aliphatic carbocycles.